The van der Waals surface area contributed by atoms with Gasteiger partial charge >= 0.3 is 0 Å². The third kappa shape index (κ3) is 7.99. The lowest BCUT2D eigenvalue weighted by atomic mass is 9.95. The number of nitrogens with one attached hydrogen (secondary N) is 1. The number of nitrogens with zero attached hydrogens (tertiary/aromatic N) is 2. The molecule has 1 aliphatic carbocycles. The molecular formula is C30H32Cl2FN3O4S. The standard InChI is InChI=1S/C30H32Cl2FN3O4S/c1-21(30(38)34-26-8-4-2-5-9-26)35(19-22-12-14-25(33)15-13-22)29(37)20-36(27-17-23(31)16-24(32)18-27)41(39,40)28-10-6-3-7-11-28/h3,6-7,10-18,21,26H,2,4-5,8-9,19-20H2,1H3,(H,34,38). The Morgan fingerprint density at radius 3 is 2.17 bits per heavy atom. The molecule has 0 saturated heterocycles. The fraction of sp³-hybridized carbons (Fsp3) is 0.333. The molecule has 1 N–H and O–H groups in total. The highest BCUT2D eigenvalue weighted by Gasteiger charge is 2.33. The van der Waals surface area contributed by atoms with Gasteiger partial charge < -0.3 is 10.2 Å². The molecule has 1 unspecified atom stereocenters. The van der Waals surface area contributed by atoms with Crippen molar-refractivity contribution in [1.29, 1.82) is 0 Å². The zero-order chi connectivity index (χ0) is 29.6. The van der Waals surface area contributed by atoms with E-state index in [1.54, 1.807) is 25.1 Å². The number of amides is 2. The molecule has 0 aliphatic heterocycles. The third-order valence-corrected chi connectivity index (χ3v) is 9.35. The molecule has 0 bridgehead atoms. The van der Waals surface area contributed by atoms with E-state index in [-0.39, 0.29) is 39.1 Å². The molecule has 11 heteroatoms. The highest BCUT2D eigenvalue weighted by Crippen LogP contribution is 2.30. The van der Waals surface area contributed by atoms with Crippen LogP contribution < -0.4 is 9.62 Å². The van der Waals surface area contributed by atoms with E-state index in [9.17, 15) is 22.4 Å². The van der Waals surface area contributed by atoms with Gasteiger partial charge in [0.05, 0.1) is 10.6 Å². The first-order valence-electron chi connectivity index (χ1n) is 13.4. The SMILES string of the molecule is CC(C(=O)NC1CCCCC1)N(Cc1ccc(F)cc1)C(=O)CN(c1cc(Cl)cc(Cl)c1)S(=O)(=O)c1ccccc1. The van der Waals surface area contributed by atoms with E-state index in [1.165, 1.54) is 59.5 Å². The number of carbonyl (C=O) groups is 2. The van der Waals surface area contributed by atoms with Crippen LogP contribution in [-0.2, 0) is 26.2 Å². The van der Waals surface area contributed by atoms with E-state index in [0.29, 0.717) is 5.56 Å². The van der Waals surface area contributed by atoms with Gasteiger partial charge in [0.25, 0.3) is 10.0 Å². The second kappa shape index (κ2) is 13.7. The van der Waals surface area contributed by atoms with Crippen molar-refractivity contribution in [3.05, 3.63) is 94.2 Å². The van der Waals surface area contributed by atoms with Crippen molar-refractivity contribution in [1.82, 2.24) is 10.2 Å². The Labute approximate surface area is 250 Å². The fourth-order valence-corrected chi connectivity index (χ4v) is 6.80. The number of benzene rings is 3. The lowest BCUT2D eigenvalue weighted by molar-refractivity contribution is -0.139. The maximum Gasteiger partial charge on any atom is 0.264 e. The van der Waals surface area contributed by atoms with E-state index < -0.39 is 34.3 Å². The molecule has 3 aromatic carbocycles. The number of halogens is 3. The summed E-state index contributed by atoms with van der Waals surface area (Å²) >= 11 is 12.4. The smallest absolute Gasteiger partial charge is 0.264 e. The molecule has 1 fully saturated rings. The number of carbonyl (C=O) groups excluding carboxylic acids is 2. The average molecular weight is 621 g/mol. The molecule has 218 valence electrons. The zero-order valence-corrected chi connectivity index (χ0v) is 24.9. The third-order valence-electron chi connectivity index (χ3n) is 7.13. The predicted octanol–water partition coefficient (Wildman–Crippen LogP) is 6.19. The molecule has 1 saturated carbocycles. The summed E-state index contributed by atoms with van der Waals surface area (Å²) in [6, 6.07) is 16.6. The number of anilines is 1. The van der Waals surface area contributed by atoms with Crippen LogP contribution in [0.3, 0.4) is 0 Å². The second-order valence-electron chi connectivity index (χ2n) is 10.1. The van der Waals surface area contributed by atoms with Gasteiger partial charge in [0, 0.05) is 22.6 Å². The van der Waals surface area contributed by atoms with Crippen LogP contribution in [0.2, 0.25) is 10.0 Å². The van der Waals surface area contributed by atoms with Crippen LogP contribution in [0.4, 0.5) is 10.1 Å². The molecule has 0 radical (unpaired) electrons. The second-order valence-corrected chi connectivity index (χ2v) is 12.9. The summed E-state index contributed by atoms with van der Waals surface area (Å²) < 4.78 is 42.2. The van der Waals surface area contributed by atoms with Crippen molar-refractivity contribution in [2.75, 3.05) is 10.8 Å². The first-order chi connectivity index (χ1) is 19.5. The molecule has 0 aromatic heterocycles. The van der Waals surface area contributed by atoms with Gasteiger partial charge in [-0.3, -0.25) is 13.9 Å². The van der Waals surface area contributed by atoms with Gasteiger partial charge in [-0.2, -0.15) is 0 Å². The molecule has 41 heavy (non-hydrogen) atoms. The van der Waals surface area contributed by atoms with Gasteiger partial charge in [-0.1, -0.05) is 72.8 Å². The average Bonchev–Trinajstić information content (AvgIpc) is 2.95. The molecule has 1 atom stereocenters. The lowest BCUT2D eigenvalue weighted by Gasteiger charge is -2.33. The first kappa shape index (κ1) is 30.8. The first-order valence-corrected chi connectivity index (χ1v) is 15.6. The summed E-state index contributed by atoms with van der Waals surface area (Å²) in [6.45, 7) is 0.940. The van der Waals surface area contributed by atoms with Gasteiger partial charge in [-0.05, 0) is 67.8 Å². The maximum absolute atomic E-state index is 14.0. The fourth-order valence-electron chi connectivity index (χ4n) is 4.87. The van der Waals surface area contributed by atoms with E-state index in [4.69, 9.17) is 23.2 Å². The van der Waals surface area contributed by atoms with Gasteiger partial charge in [0.15, 0.2) is 0 Å². The topological polar surface area (TPSA) is 86.8 Å². The summed E-state index contributed by atoms with van der Waals surface area (Å²) in [7, 11) is -4.24. The van der Waals surface area contributed by atoms with Crippen LogP contribution in [0.1, 0.15) is 44.6 Å². The Morgan fingerprint density at radius 1 is 0.951 bits per heavy atom. The van der Waals surface area contributed by atoms with Crippen molar-refractivity contribution < 1.29 is 22.4 Å². The van der Waals surface area contributed by atoms with Crippen LogP contribution in [0.25, 0.3) is 0 Å². The summed E-state index contributed by atoms with van der Waals surface area (Å²) in [5.41, 5.74) is 0.682. The van der Waals surface area contributed by atoms with Gasteiger partial charge in [-0.25, -0.2) is 12.8 Å². The minimum atomic E-state index is -4.24. The quantitative estimate of drug-likeness (QED) is 0.293. The van der Waals surface area contributed by atoms with E-state index in [2.05, 4.69) is 5.32 Å². The molecule has 0 spiro atoms. The van der Waals surface area contributed by atoms with Gasteiger partial charge in [0.1, 0.15) is 18.4 Å². The molecule has 0 heterocycles. The summed E-state index contributed by atoms with van der Waals surface area (Å²) in [5, 5.41) is 3.43. The van der Waals surface area contributed by atoms with Crippen LogP contribution in [-0.4, -0.2) is 43.8 Å². The Balaban J connectivity index is 1.68. The normalized spacial score (nSPS) is 14.7. The van der Waals surface area contributed by atoms with Crippen LogP contribution in [0, 0.1) is 5.82 Å². The monoisotopic (exact) mass is 619 g/mol. The highest BCUT2D eigenvalue weighted by molar-refractivity contribution is 7.92. The van der Waals surface area contributed by atoms with E-state index >= 15 is 0 Å². The molecular weight excluding hydrogens is 588 g/mol. The van der Waals surface area contributed by atoms with Crippen molar-refractivity contribution in [3.63, 3.8) is 0 Å². The minimum absolute atomic E-state index is 0.0185. The zero-order valence-electron chi connectivity index (χ0n) is 22.6. The summed E-state index contributed by atoms with van der Waals surface area (Å²) in [4.78, 5) is 28.6. The molecule has 1 aliphatic rings. The summed E-state index contributed by atoms with van der Waals surface area (Å²) in [6.07, 6.45) is 4.89. The Bertz CT molecular complexity index is 1450. The molecule has 4 rings (SSSR count). The Kier molecular flexibility index (Phi) is 10.3. The largest absolute Gasteiger partial charge is 0.352 e. The Hall–Kier alpha value is -3.14. The van der Waals surface area contributed by atoms with E-state index in [1.807, 2.05) is 0 Å². The van der Waals surface area contributed by atoms with E-state index in [0.717, 1.165) is 36.4 Å². The molecule has 2 amide bonds. The van der Waals surface area contributed by atoms with Crippen LogP contribution in [0.15, 0.2) is 77.7 Å². The number of rotatable bonds is 10. The number of sulfonamides is 1. The van der Waals surface area contributed by atoms with Crippen LogP contribution >= 0.6 is 23.2 Å². The minimum Gasteiger partial charge on any atom is -0.352 e. The summed E-state index contributed by atoms with van der Waals surface area (Å²) in [5.74, 6) is -1.40. The highest BCUT2D eigenvalue weighted by atomic mass is 35.5. The Morgan fingerprint density at radius 2 is 1.56 bits per heavy atom. The van der Waals surface area contributed by atoms with Crippen molar-refractivity contribution in [3.8, 4) is 0 Å². The molecule has 7 nitrogen and oxygen atoms in total. The van der Waals surface area contributed by atoms with Gasteiger partial charge in [0.2, 0.25) is 11.8 Å². The lowest BCUT2D eigenvalue weighted by Crippen LogP contribution is -2.53. The van der Waals surface area contributed by atoms with Crippen molar-refractivity contribution in [2.24, 2.45) is 0 Å². The number of hydrogen-bond donors (Lipinski definition) is 1. The number of hydrogen-bond acceptors (Lipinski definition) is 4. The predicted molar refractivity (Wildman–Crippen MR) is 159 cm³/mol. The van der Waals surface area contributed by atoms with Crippen molar-refractivity contribution >= 4 is 50.7 Å². The van der Waals surface area contributed by atoms with Crippen LogP contribution in [0.5, 0.6) is 0 Å². The van der Waals surface area contributed by atoms with Crippen molar-refractivity contribution in [2.45, 2.75) is 62.6 Å². The molecule has 3 aromatic rings. The maximum atomic E-state index is 14.0. The van der Waals surface area contributed by atoms with Gasteiger partial charge in [-0.15, -0.1) is 0 Å².